The second-order valence-electron chi connectivity index (χ2n) is 3.19. The first-order valence-corrected chi connectivity index (χ1v) is 5.60. The molecule has 0 radical (unpaired) electrons. The molecule has 72 valence electrons. The van der Waals surface area contributed by atoms with Gasteiger partial charge in [-0.1, -0.05) is 6.08 Å². The Balaban J connectivity index is 2.35. The van der Waals surface area contributed by atoms with Crippen LogP contribution in [0.15, 0.2) is 29.5 Å². The maximum absolute atomic E-state index is 3.74. The molecule has 1 aromatic rings. The van der Waals surface area contributed by atoms with Gasteiger partial charge in [0.2, 0.25) is 0 Å². The molecule has 1 nitrogen and oxygen atoms in total. The van der Waals surface area contributed by atoms with Crippen molar-refractivity contribution in [3.05, 3.63) is 35.0 Å². The molecule has 2 heteroatoms. The Bertz CT molecular complexity index is 228. The van der Waals surface area contributed by atoms with E-state index < -0.39 is 0 Å². The first-order chi connectivity index (χ1) is 6.36. The zero-order valence-corrected chi connectivity index (χ0v) is 8.94. The van der Waals surface area contributed by atoms with Crippen LogP contribution >= 0.6 is 11.3 Å². The van der Waals surface area contributed by atoms with E-state index in [0.717, 1.165) is 12.8 Å². The van der Waals surface area contributed by atoms with E-state index in [4.69, 9.17) is 0 Å². The summed E-state index contributed by atoms with van der Waals surface area (Å²) in [6.07, 6.45) is 5.39. The normalized spacial score (nSPS) is 12.7. The van der Waals surface area contributed by atoms with Crippen LogP contribution in [0.5, 0.6) is 0 Å². The van der Waals surface area contributed by atoms with Crippen LogP contribution in [-0.4, -0.2) is 13.1 Å². The number of hydrogen-bond acceptors (Lipinski definition) is 2. The van der Waals surface area contributed by atoms with Gasteiger partial charge < -0.3 is 5.32 Å². The van der Waals surface area contributed by atoms with Gasteiger partial charge in [-0.3, -0.25) is 0 Å². The summed E-state index contributed by atoms with van der Waals surface area (Å²) < 4.78 is 0. The smallest absolute Gasteiger partial charge is 0.0108 e. The molecule has 1 heterocycles. The standard InChI is InChI=1S/C11H17NS/c1-3-4-5-11(12-2)8-10-6-7-13-9-10/h3,6-7,9,11-12H,1,4-5,8H2,2H3. The molecule has 13 heavy (non-hydrogen) atoms. The minimum Gasteiger partial charge on any atom is -0.317 e. The van der Waals surface area contributed by atoms with Crippen molar-refractivity contribution in [2.24, 2.45) is 0 Å². The number of likely N-dealkylation sites (N-methyl/N-ethyl adjacent to an activating group) is 1. The van der Waals surface area contributed by atoms with Gasteiger partial charge in [0.25, 0.3) is 0 Å². The molecule has 0 saturated heterocycles. The highest BCUT2D eigenvalue weighted by Gasteiger charge is 2.05. The molecule has 0 saturated carbocycles. The SMILES string of the molecule is C=CCCC(Cc1ccsc1)NC. The van der Waals surface area contributed by atoms with Gasteiger partial charge in [0.1, 0.15) is 0 Å². The minimum absolute atomic E-state index is 0.590. The van der Waals surface area contributed by atoms with Crippen molar-refractivity contribution in [1.29, 1.82) is 0 Å². The molecule has 0 bridgehead atoms. The van der Waals surface area contributed by atoms with Crippen molar-refractivity contribution >= 4 is 11.3 Å². The van der Waals surface area contributed by atoms with Crippen molar-refractivity contribution in [2.75, 3.05) is 7.05 Å². The van der Waals surface area contributed by atoms with Crippen LogP contribution < -0.4 is 5.32 Å². The van der Waals surface area contributed by atoms with Gasteiger partial charge in [0, 0.05) is 6.04 Å². The van der Waals surface area contributed by atoms with Crippen molar-refractivity contribution in [2.45, 2.75) is 25.3 Å². The van der Waals surface area contributed by atoms with Gasteiger partial charge in [0.15, 0.2) is 0 Å². The van der Waals surface area contributed by atoms with E-state index in [9.17, 15) is 0 Å². The van der Waals surface area contributed by atoms with Gasteiger partial charge in [-0.15, -0.1) is 6.58 Å². The highest BCUT2D eigenvalue weighted by atomic mass is 32.1. The summed E-state index contributed by atoms with van der Waals surface area (Å²) in [6, 6.07) is 2.79. The lowest BCUT2D eigenvalue weighted by Crippen LogP contribution is -2.27. The van der Waals surface area contributed by atoms with Gasteiger partial charge in [-0.2, -0.15) is 11.3 Å². The molecule has 1 rings (SSSR count). The van der Waals surface area contributed by atoms with Crippen LogP contribution in [0.4, 0.5) is 0 Å². The summed E-state index contributed by atoms with van der Waals surface area (Å²) in [5.41, 5.74) is 1.44. The van der Waals surface area contributed by atoms with Gasteiger partial charge >= 0.3 is 0 Å². The Morgan fingerprint density at radius 2 is 2.54 bits per heavy atom. The maximum Gasteiger partial charge on any atom is 0.0108 e. The largest absolute Gasteiger partial charge is 0.317 e. The first-order valence-electron chi connectivity index (χ1n) is 4.66. The van der Waals surface area contributed by atoms with E-state index in [2.05, 4.69) is 28.7 Å². The van der Waals surface area contributed by atoms with E-state index >= 15 is 0 Å². The number of nitrogens with one attached hydrogen (secondary N) is 1. The monoisotopic (exact) mass is 195 g/mol. The van der Waals surface area contributed by atoms with Crippen molar-refractivity contribution in [3.63, 3.8) is 0 Å². The zero-order chi connectivity index (χ0) is 9.52. The van der Waals surface area contributed by atoms with Crippen molar-refractivity contribution < 1.29 is 0 Å². The van der Waals surface area contributed by atoms with E-state index in [1.54, 1.807) is 11.3 Å². The average molecular weight is 195 g/mol. The lowest BCUT2D eigenvalue weighted by atomic mass is 10.0. The highest BCUT2D eigenvalue weighted by Crippen LogP contribution is 2.11. The zero-order valence-electron chi connectivity index (χ0n) is 8.12. The first kappa shape index (κ1) is 10.5. The molecular weight excluding hydrogens is 178 g/mol. The molecule has 0 aliphatic carbocycles. The molecule has 0 aliphatic heterocycles. The van der Waals surface area contributed by atoms with Crippen LogP contribution in [0.2, 0.25) is 0 Å². The van der Waals surface area contributed by atoms with Crippen LogP contribution in [0, 0.1) is 0 Å². The van der Waals surface area contributed by atoms with Crippen molar-refractivity contribution in [1.82, 2.24) is 5.32 Å². The Hall–Kier alpha value is -0.600. The highest BCUT2D eigenvalue weighted by molar-refractivity contribution is 7.07. The Morgan fingerprint density at radius 1 is 1.69 bits per heavy atom. The summed E-state index contributed by atoms with van der Waals surface area (Å²) in [4.78, 5) is 0. The molecule has 0 amide bonds. The third kappa shape index (κ3) is 3.75. The Labute approximate surface area is 84.5 Å². The number of allylic oxidation sites excluding steroid dienone is 1. The second kappa shape index (κ2) is 5.95. The fourth-order valence-electron chi connectivity index (χ4n) is 1.36. The van der Waals surface area contributed by atoms with E-state index in [1.165, 1.54) is 12.0 Å². The fraction of sp³-hybridized carbons (Fsp3) is 0.455. The van der Waals surface area contributed by atoms with Crippen molar-refractivity contribution in [3.8, 4) is 0 Å². The van der Waals surface area contributed by atoms with Crippen LogP contribution in [0.1, 0.15) is 18.4 Å². The van der Waals surface area contributed by atoms with Gasteiger partial charge in [0.05, 0.1) is 0 Å². The predicted molar refractivity (Wildman–Crippen MR) is 60.3 cm³/mol. The lowest BCUT2D eigenvalue weighted by Gasteiger charge is -2.13. The minimum atomic E-state index is 0.590. The second-order valence-corrected chi connectivity index (χ2v) is 3.97. The molecular formula is C11H17NS. The average Bonchev–Trinajstić information content (AvgIpc) is 2.64. The van der Waals surface area contributed by atoms with Gasteiger partial charge in [-0.05, 0) is 48.7 Å². The molecule has 0 aliphatic rings. The van der Waals surface area contributed by atoms with Crippen LogP contribution in [0.25, 0.3) is 0 Å². The molecule has 0 fully saturated rings. The summed E-state index contributed by atoms with van der Waals surface area (Å²) in [7, 11) is 2.03. The van der Waals surface area contributed by atoms with E-state index in [1.807, 2.05) is 13.1 Å². The summed E-state index contributed by atoms with van der Waals surface area (Å²) in [5, 5.41) is 7.69. The van der Waals surface area contributed by atoms with E-state index in [-0.39, 0.29) is 0 Å². The topological polar surface area (TPSA) is 12.0 Å². The van der Waals surface area contributed by atoms with Gasteiger partial charge in [-0.25, -0.2) is 0 Å². The molecule has 1 unspecified atom stereocenters. The number of rotatable bonds is 6. The third-order valence-electron chi connectivity index (χ3n) is 2.19. The molecule has 1 aromatic heterocycles. The fourth-order valence-corrected chi connectivity index (χ4v) is 2.04. The summed E-state index contributed by atoms with van der Waals surface area (Å²) >= 11 is 1.77. The molecule has 0 spiro atoms. The quantitative estimate of drug-likeness (QED) is 0.688. The molecule has 1 N–H and O–H groups in total. The lowest BCUT2D eigenvalue weighted by molar-refractivity contribution is 0.525. The Morgan fingerprint density at radius 3 is 3.08 bits per heavy atom. The maximum atomic E-state index is 3.74. The van der Waals surface area contributed by atoms with Crippen LogP contribution in [0.3, 0.4) is 0 Å². The van der Waals surface area contributed by atoms with Crippen LogP contribution in [-0.2, 0) is 6.42 Å². The molecule has 1 atom stereocenters. The number of thiophene rings is 1. The third-order valence-corrected chi connectivity index (χ3v) is 2.92. The number of hydrogen-bond donors (Lipinski definition) is 1. The van der Waals surface area contributed by atoms with E-state index in [0.29, 0.717) is 6.04 Å². The molecule has 0 aromatic carbocycles. The summed E-state index contributed by atoms with van der Waals surface area (Å²) in [6.45, 7) is 3.74. The Kier molecular flexibility index (Phi) is 4.79. The summed E-state index contributed by atoms with van der Waals surface area (Å²) in [5.74, 6) is 0. The predicted octanol–water partition coefficient (Wildman–Crippen LogP) is 2.84.